The molecule has 0 aliphatic carbocycles. The van der Waals surface area contributed by atoms with Gasteiger partial charge in [-0.05, 0) is 30.8 Å². The molecular weight excluding hydrogens is 318 g/mol. The molecule has 0 aliphatic rings. The first-order chi connectivity index (χ1) is 11.0. The topological polar surface area (TPSA) is 108 Å². The van der Waals surface area contributed by atoms with Gasteiger partial charge in [0.15, 0.2) is 5.11 Å². The second-order valence-electron chi connectivity index (χ2n) is 4.78. The van der Waals surface area contributed by atoms with Crippen molar-refractivity contribution in [1.29, 1.82) is 0 Å². The number of hydrazine groups is 1. The number of nitrogens with one attached hydrogen (secondary N) is 4. The van der Waals surface area contributed by atoms with Crippen LogP contribution < -0.4 is 21.5 Å². The molecule has 4 N–H and O–H groups in total. The lowest BCUT2D eigenvalue weighted by molar-refractivity contribution is -0.384. The number of nitro groups is 1. The molecule has 0 saturated carbocycles. The van der Waals surface area contributed by atoms with Crippen molar-refractivity contribution < 1.29 is 9.72 Å². The number of anilines is 1. The molecule has 1 aromatic rings. The Balaban J connectivity index is 2.56. The molecule has 23 heavy (non-hydrogen) atoms. The third-order valence-electron chi connectivity index (χ3n) is 3.08. The minimum Gasteiger partial charge on any atom is -0.383 e. The number of rotatable bonds is 7. The Kier molecular flexibility index (Phi) is 7.75. The van der Waals surface area contributed by atoms with Gasteiger partial charge in [-0.1, -0.05) is 19.8 Å². The first kappa shape index (κ1) is 18.6. The third kappa shape index (κ3) is 6.07. The van der Waals surface area contributed by atoms with Crippen LogP contribution in [0.1, 0.15) is 36.5 Å². The fourth-order valence-electron chi connectivity index (χ4n) is 1.84. The Morgan fingerprint density at radius 1 is 1.30 bits per heavy atom. The van der Waals surface area contributed by atoms with Gasteiger partial charge in [0.05, 0.1) is 4.92 Å². The summed E-state index contributed by atoms with van der Waals surface area (Å²) in [5.74, 6) is -0.506. The molecule has 126 valence electrons. The summed E-state index contributed by atoms with van der Waals surface area (Å²) in [6.45, 7) is 2.83. The van der Waals surface area contributed by atoms with Crippen molar-refractivity contribution in [3.8, 4) is 0 Å². The lowest BCUT2D eigenvalue weighted by Crippen LogP contribution is -2.47. The number of carbonyl (C=O) groups excluding carboxylic acids is 1. The van der Waals surface area contributed by atoms with Gasteiger partial charge in [-0.15, -0.1) is 0 Å². The quantitative estimate of drug-likeness (QED) is 0.260. The van der Waals surface area contributed by atoms with E-state index in [4.69, 9.17) is 12.2 Å². The first-order valence-corrected chi connectivity index (χ1v) is 7.70. The van der Waals surface area contributed by atoms with E-state index in [9.17, 15) is 14.9 Å². The molecule has 9 heteroatoms. The fourth-order valence-corrected chi connectivity index (χ4v) is 2.00. The van der Waals surface area contributed by atoms with Crippen molar-refractivity contribution in [1.82, 2.24) is 16.2 Å². The lowest BCUT2D eigenvalue weighted by atomic mass is 10.1. The maximum Gasteiger partial charge on any atom is 0.293 e. The minimum atomic E-state index is -0.546. The monoisotopic (exact) mass is 339 g/mol. The highest BCUT2D eigenvalue weighted by molar-refractivity contribution is 7.80. The van der Waals surface area contributed by atoms with Crippen molar-refractivity contribution in [2.75, 3.05) is 18.9 Å². The second kappa shape index (κ2) is 9.57. The Bertz CT molecular complexity index is 580. The number of thiocarbonyl (C=S) groups is 1. The Morgan fingerprint density at radius 2 is 2.04 bits per heavy atom. The van der Waals surface area contributed by atoms with Crippen molar-refractivity contribution >= 4 is 34.6 Å². The third-order valence-corrected chi connectivity index (χ3v) is 3.33. The van der Waals surface area contributed by atoms with E-state index in [2.05, 4.69) is 28.4 Å². The molecule has 0 aromatic heterocycles. The maximum absolute atomic E-state index is 12.0. The summed E-state index contributed by atoms with van der Waals surface area (Å²) in [6.07, 6.45) is 3.20. The van der Waals surface area contributed by atoms with Gasteiger partial charge in [0.2, 0.25) is 0 Å². The molecule has 1 rings (SSSR count). The zero-order valence-electron chi connectivity index (χ0n) is 13.1. The number of nitrogens with zero attached hydrogens (tertiary/aromatic N) is 1. The van der Waals surface area contributed by atoms with Gasteiger partial charge in [0.1, 0.15) is 5.69 Å². The highest BCUT2D eigenvalue weighted by Crippen LogP contribution is 2.24. The Labute approximate surface area is 140 Å². The van der Waals surface area contributed by atoms with Crippen LogP contribution in [0, 0.1) is 10.1 Å². The van der Waals surface area contributed by atoms with Crippen LogP contribution in [-0.2, 0) is 0 Å². The average molecular weight is 339 g/mol. The standard InChI is InChI=1S/C14H21N5O3S/c1-3-4-5-8-16-14(23)18-17-13(20)10-6-7-11(15-2)12(9-10)19(21)22/h6-7,9,15H,3-5,8H2,1-2H3,(H,17,20)(H2,16,18,23). The number of nitro benzene ring substituents is 1. The molecule has 0 fully saturated rings. The highest BCUT2D eigenvalue weighted by atomic mass is 32.1. The van der Waals surface area contributed by atoms with Crippen LogP contribution in [0.3, 0.4) is 0 Å². The average Bonchev–Trinajstić information content (AvgIpc) is 2.55. The fraction of sp³-hybridized carbons (Fsp3) is 0.429. The first-order valence-electron chi connectivity index (χ1n) is 7.30. The van der Waals surface area contributed by atoms with Crippen molar-refractivity contribution in [2.24, 2.45) is 0 Å². The summed E-state index contributed by atoms with van der Waals surface area (Å²) in [6, 6.07) is 4.18. The Morgan fingerprint density at radius 3 is 2.65 bits per heavy atom. The molecule has 1 amide bonds. The summed E-state index contributed by atoms with van der Waals surface area (Å²) < 4.78 is 0. The van der Waals surface area contributed by atoms with Crippen LogP contribution in [0.4, 0.5) is 11.4 Å². The van der Waals surface area contributed by atoms with E-state index in [1.165, 1.54) is 18.2 Å². The van der Waals surface area contributed by atoms with Crippen molar-refractivity contribution in [3.05, 3.63) is 33.9 Å². The molecule has 1 aromatic carbocycles. The van der Waals surface area contributed by atoms with Crippen LogP contribution in [0.15, 0.2) is 18.2 Å². The molecule has 0 aliphatic heterocycles. The molecule has 0 spiro atoms. The number of hydrogen-bond acceptors (Lipinski definition) is 5. The predicted molar refractivity (Wildman–Crippen MR) is 93.4 cm³/mol. The number of carbonyl (C=O) groups is 1. The maximum atomic E-state index is 12.0. The number of benzene rings is 1. The molecule has 0 atom stereocenters. The predicted octanol–water partition coefficient (Wildman–Crippen LogP) is 1.94. The van der Waals surface area contributed by atoms with E-state index >= 15 is 0 Å². The van der Waals surface area contributed by atoms with Crippen molar-refractivity contribution in [2.45, 2.75) is 26.2 Å². The molecule has 8 nitrogen and oxygen atoms in total. The van der Waals surface area contributed by atoms with E-state index in [0.717, 1.165) is 25.8 Å². The van der Waals surface area contributed by atoms with Crippen LogP contribution >= 0.6 is 12.2 Å². The second-order valence-corrected chi connectivity index (χ2v) is 5.19. The summed E-state index contributed by atoms with van der Waals surface area (Å²) >= 11 is 5.02. The van der Waals surface area contributed by atoms with Crippen molar-refractivity contribution in [3.63, 3.8) is 0 Å². The summed E-state index contributed by atoms with van der Waals surface area (Å²) in [4.78, 5) is 22.4. The van der Waals surface area contributed by atoms with Crippen LogP contribution in [0.5, 0.6) is 0 Å². The molecule has 0 heterocycles. The van der Waals surface area contributed by atoms with Gasteiger partial charge in [0.25, 0.3) is 11.6 Å². The zero-order valence-corrected chi connectivity index (χ0v) is 14.0. The number of amides is 1. The minimum absolute atomic E-state index is 0.164. The van der Waals surface area contributed by atoms with E-state index in [1.54, 1.807) is 7.05 Å². The van der Waals surface area contributed by atoms with E-state index in [-0.39, 0.29) is 11.3 Å². The molecule has 0 bridgehead atoms. The molecule has 0 unspecified atom stereocenters. The van der Waals surface area contributed by atoms with Gasteiger partial charge in [-0.2, -0.15) is 0 Å². The molecule has 0 radical (unpaired) electrons. The van der Waals surface area contributed by atoms with Gasteiger partial charge < -0.3 is 10.6 Å². The summed E-state index contributed by atoms with van der Waals surface area (Å²) in [5.41, 5.74) is 5.32. The van der Waals surface area contributed by atoms with Crippen LogP contribution in [0.2, 0.25) is 0 Å². The zero-order chi connectivity index (χ0) is 17.2. The van der Waals surface area contributed by atoms with E-state index < -0.39 is 10.8 Å². The normalized spacial score (nSPS) is 9.83. The van der Waals surface area contributed by atoms with Gasteiger partial charge in [-0.25, -0.2) is 0 Å². The van der Waals surface area contributed by atoms with E-state index in [1.807, 2.05) is 0 Å². The number of hydrogen-bond donors (Lipinski definition) is 4. The number of unbranched alkanes of at least 4 members (excludes halogenated alkanes) is 2. The largest absolute Gasteiger partial charge is 0.383 e. The smallest absolute Gasteiger partial charge is 0.293 e. The van der Waals surface area contributed by atoms with Crippen LogP contribution in [-0.4, -0.2) is 29.5 Å². The SMILES string of the molecule is CCCCCNC(=S)NNC(=O)c1ccc(NC)c([N+](=O)[O-])c1. The van der Waals surface area contributed by atoms with Gasteiger partial charge >= 0.3 is 0 Å². The van der Waals surface area contributed by atoms with Crippen LogP contribution in [0.25, 0.3) is 0 Å². The van der Waals surface area contributed by atoms with E-state index in [0.29, 0.717) is 10.8 Å². The van der Waals surface area contributed by atoms with Gasteiger partial charge in [-0.3, -0.25) is 25.8 Å². The van der Waals surface area contributed by atoms with Gasteiger partial charge in [0, 0.05) is 25.2 Å². The summed E-state index contributed by atoms with van der Waals surface area (Å²) in [5, 5.41) is 16.9. The summed E-state index contributed by atoms with van der Waals surface area (Å²) in [7, 11) is 1.58. The lowest BCUT2D eigenvalue weighted by Gasteiger charge is -2.11. The molecular formula is C14H21N5O3S. The molecule has 0 saturated heterocycles. The highest BCUT2D eigenvalue weighted by Gasteiger charge is 2.16. The Hall–Kier alpha value is -2.42.